The van der Waals surface area contributed by atoms with Crippen molar-refractivity contribution in [3.8, 4) is 0 Å². The lowest BCUT2D eigenvalue weighted by Gasteiger charge is -2.11. The molecular formula is C8H10N2O3S. The molecular weight excluding hydrogens is 204 g/mol. The number of hydrogen-bond donors (Lipinski definition) is 1. The van der Waals surface area contributed by atoms with Gasteiger partial charge in [-0.05, 0) is 13.0 Å². The molecule has 2 heterocycles. The monoisotopic (exact) mass is 214 g/mol. The van der Waals surface area contributed by atoms with Crippen molar-refractivity contribution in [2.45, 2.75) is 18.8 Å². The van der Waals surface area contributed by atoms with Gasteiger partial charge in [-0.2, -0.15) is 4.98 Å². The highest BCUT2D eigenvalue weighted by atomic mass is 32.2. The Morgan fingerprint density at radius 3 is 3.14 bits per heavy atom. The summed E-state index contributed by atoms with van der Waals surface area (Å²) in [6, 6.07) is 1.74. The molecule has 2 rings (SSSR count). The highest BCUT2D eigenvalue weighted by Crippen LogP contribution is 2.28. The molecule has 1 N–H and O–H groups in total. The van der Waals surface area contributed by atoms with E-state index in [0.29, 0.717) is 11.4 Å². The second-order valence-corrected chi connectivity index (χ2v) is 4.06. The van der Waals surface area contributed by atoms with Crippen molar-refractivity contribution in [2.75, 3.05) is 5.75 Å². The molecule has 0 spiro atoms. The largest absolute Gasteiger partial charge is 0.359 e. The van der Waals surface area contributed by atoms with Crippen LogP contribution in [0.3, 0.4) is 0 Å². The Bertz CT molecular complexity index is 392. The summed E-state index contributed by atoms with van der Waals surface area (Å²) in [6.07, 6.45) is 1.23. The lowest BCUT2D eigenvalue weighted by molar-refractivity contribution is -0.0840. The third kappa shape index (κ3) is 1.82. The predicted molar refractivity (Wildman–Crippen MR) is 51.8 cm³/mol. The van der Waals surface area contributed by atoms with E-state index in [4.69, 9.17) is 9.84 Å². The van der Waals surface area contributed by atoms with E-state index < -0.39 is 11.8 Å². The summed E-state index contributed by atoms with van der Waals surface area (Å²) in [5, 5.41) is 9.11. The fourth-order valence-corrected chi connectivity index (χ4v) is 2.02. The molecule has 1 aromatic heterocycles. The van der Waals surface area contributed by atoms with Crippen LogP contribution < -0.4 is 5.69 Å². The van der Waals surface area contributed by atoms with Gasteiger partial charge in [-0.15, -0.1) is 0 Å². The van der Waals surface area contributed by atoms with Gasteiger partial charge in [-0.25, -0.2) is 4.79 Å². The molecule has 0 bridgehead atoms. The van der Waals surface area contributed by atoms with Crippen LogP contribution in [-0.4, -0.2) is 26.0 Å². The molecule has 1 aromatic rings. The van der Waals surface area contributed by atoms with E-state index in [1.54, 1.807) is 19.2 Å². The second kappa shape index (κ2) is 3.72. The van der Waals surface area contributed by atoms with Crippen LogP contribution in [0.15, 0.2) is 17.1 Å². The first-order valence-corrected chi connectivity index (χ1v) is 5.22. The van der Waals surface area contributed by atoms with E-state index in [-0.39, 0.29) is 5.69 Å². The minimum absolute atomic E-state index is 0.343. The van der Waals surface area contributed by atoms with Crippen LogP contribution in [0.5, 0.6) is 0 Å². The standard InChI is InChI=1S/C8H10N2O3S/c1-5-2-3-10(7(11)9-5)6-4-14-8(12)13-6/h2-3,6,8,12H,4H2,1H3. The van der Waals surface area contributed by atoms with Crippen molar-refractivity contribution in [3.05, 3.63) is 28.4 Å². The lowest BCUT2D eigenvalue weighted by Crippen LogP contribution is -2.28. The smallest absolute Gasteiger partial charge is 0.349 e. The average Bonchev–Trinajstić information content (AvgIpc) is 2.51. The summed E-state index contributed by atoms with van der Waals surface area (Å²) in [6.45, 7) is 1.75. The Balaban J connectivity index is 2.29. The molecule has 6 heteroatoms. The highest BCUT2D eigenvalue weighted by molar-refractivity contribution is 7.99. The van der Waals surface area contributed by atoms with E-state index in [0.717, 1.165) is 0 Å². The summed E-state index contributed by atoms with van der Waals surface area (Å²) in [5.74, 6) is 0.561. The first-order valence-electron chi connectivity index (χ1n) is 4.18. The molecule has 1 saturated heterocycles. The topological polar surface area (TPSA) is 64.3 Å². The van der Waals surface area contributed by atoms with Gasteiger partial charge in [-0.1, -0.05) is 11.8 Å². The van der Waals surface area contributed by atoms with Crippen LogP contribution in [0.25, 0.3) is 0 Å². The Morgan fingerprint density at radius 1 is 1.79 bits per heavy atom. The molecule has 76 valence electrons. The summed E-state index contributed by atoms with van der Waals surface area (Å²) in [7, 11) is 0. The van der Waals surface area contributed by atoms with Crippen molar-refractivity contribution in [1.29, 1.82) is 0 Å². The molecule has 0 aliphatic carbocycles. The SMILES string of the molecule is Cc1ccn(C2CSC(O)O2)c(=O)n1. The van der Waals surface area contributed by atoms with E-state index >= 15 is 0 Å². The summed E-state index contributed by atoms with van der Waals surface area (Å²) >= 11 is 1.26. The number of nitrogens with zero attached hydrogens (tertiary/aromatic N) is 2. The molecule has 0 saturated carbocycles. The maximum Gasteiger partial charge on any atom is 0.349 e. The zero-order valence-electron chi connectivity index (χ0n) is 7.58. The number of hydrogen-bond acceptors (Lipinski definition) is 5. The van der Waals surface area contributed by atoms with Gasteiger partial charge < -0.3 is 9.84 Å². The van der Waals surface area contributed by atoms with Crippen molar-refractivity contribution < 1.29 is 9.84 Å². The van der Waals surface area contributed by atoms with Gasteiger partial charge >= 0.3 is 5.69 Å². The molecule has 0 aromatic carbocycles. The van der Waals surface area contributed by atoms with Crippen molar-refractivity contribution in [2.24, 2.45) is 0 Å². The number of ether oxygens (including phenoxy) is 1. The number of thioether (sulfide) groups is 1. The minimum atomic E-state index is -0.840. The molecule has 5 nitrogen and oxygen atoms in total. The normalized spacial score (nSPS) is 26.7. The van der Waals surface area contributed by atoms with E-state index in [9.17, 15) is 4.79 Å². The second-order valence-electron chi connectivity index (χ2n) is 2.99. The Kier molecular flexibility index (Phi) is 2.58. The van der Waals surface area contributed by atoms with E-state index in [2.05, 4.69) is 4.98 Å². The quantitative estimate of drug-likeness (QED) is 0.717. The molecule has 2 atom stereocenters. The maximum atomic E-state index is 11.4. The fourth-order valence-electron chi connectivity index (χ4n) is 1.24. The first-order chi connectivity index (χ1) is 6.66. The Morgan fingerprint density at radius 2 is 2.57 bits per heavy atom. The van der Waals surface area contributed by atoms with Gasteiger partial charge in [0.15, 0.2) is 6.23 Å². The average molecular weight is 214 g/mol. The van der Waals surface area contributed by atoms with Gasteiger partial charge in [0.05, 0.1) is 0 Å². The highest BCUT2D eigenvalue weighted by Gasteiger charge is 2.25. The van der Waals surface area contributed by atoms with Gasteiger partial charge in [0.2, 0.25) is 5.62 Å². The third-order valence-electron chi connectivity index (χ3n) is 1.93. The Hall–Kier alpha value is -0.850. The molecule has 0 radical (unpaired) electrons. The molecule has 1 aliphatic heterocycles. The number of aryl methyl sites for hydroxylation is 1. The van der Waals surface area contributed by atoms with E-state index in [1.807, 2.05) is 0 Å². The van der Waals surface area contributed by atoms with Gasteiger partial charge in [0, 0.05) is 17.6 Å². The van der Waals surface area contributed by atoms with E-state index in [1.165, 1.54) is 16.3 Å². The number of rotatable bonds is 1. The zero-order chi connectivity index (χ0) is 10.1. The van der Waals surface area contributed by atoms with Crippen LogP contribution >= 0.6 is 11.8 Å². The van der Waals surface area contributed by atoms with Crippen LogP contribution in [-0.2, 0) is 4.74 Å². The maximum absolute atomic E-state index is 11.4. The van der Waals surface area contributed by atoms with Crippen molar-refractivity contribution in [3.63, 3.8) is 0 Å². The molecule has 2 unspecified atom stereocenters. The Labute approximate surface area is 84.7 Å². The van der Waals surface area contributed by atoms with Crippen LogP contribution in [0.1, 0.15) is 11.9 Å². The lowest BCUT2D eigenvalue weighted by atomic mass is 10.4. The van der Waals surface area contributed by atoms with Crippen molar-refractivity contribution >= 4 is 11.8 Å². The fraction of sp³-hybridized carbons (Fsp3) is 0.500. The summed E-state index contributed by atoms with van der Waals surface area (Å²) in [5.41, 5.74) is -0.504. The van der Waals surface area contributed by atoms with Gasteiger partial charge in [0.1, 0.15) is 0 Å². The van der Waals surface area contributed by atoms with Crippen LogP contribution in [0.2, 0.25) is 0 Å². The third-order valence-corrected chi connectivity index (χ3v) is 2.81. The minimum Gasteiger partial charge on any atom is -0.359 e. The summed E-state index contributed by atoms with van der Waals surface area (Å²) in [4.78, 5) is 15.2. The molecule has 1 aliphatic rings. The number of aliphatic hydroxyl groups excluding tert-OH is 1. The van der Waals surface area contributed by atoms with Crippen LogP contribution in [0.4, 0.5) is 0 Å². The molecule has 0 amide bonds. The number of aromatic nitrogens is 2. The number of aliphatic hydroxyl groups is 1. The molecule has 14 heavy (non-hydrogen) atoms. The molecule has 1 fully saturated rings. The van der Waals surface area contributed by atoms with Crippen LogP contribution in [0, 0.1) is 6.92 Å². The first kappa shape index (κ1) is 9.70. The van der Waals surface area contributed by atoms with Gasteiger partial charge in [0.25, 0.3) is 0 Å². The van der Waals surface area contributed by atoms with Crippen molar-refractivity contribution in [1.82, 2.24) is 9.55 Å². The predicted octanol–water partition coefficient (Wildman–Crippen LogP) is 0.0896. The summed E-state index contributed by atoms with van der Waals surface area (Å²) < 4.78 is 6.49. The van der Waals surface area contributed by atoms with Gasteiger partial charge in [-0.3, -0.25) is 4.57 Å². The zero-order valence-corrected chi connectivity index (χ0v) is 8.40.